The first-order chi connectivity index (χ1) is 8.02. The van der Waals surface area contributed by atoms with Crippen molar-refractivity contribution in [3.05, 3.63) is 22.8 Å². The van der Waals surface area contributed by atoms with Crippen molar-refractivity contribution in [3.63, 3.8) is 0 Å². The number of esters is 1. The quantitative estimate of drug-likeness (QED) is 0.373. The van der Waals surface area contributed by atoms with Crippen molar-refractivity contribution in [2.75, 3.05) is 6.61 Å². The molecule has 2 nitrogen and oxygen atoms in total. The molecular formula is C15H26O2. The molecule has 0 rings (SSSR count). The van der Waals surface area contributed by atoms with Gasteiger partial charge in [0.1, 0.15) is 0 Å². The molecule has 0 aliphatic rings. The van der Waals surface area contributed by atoms with Gasteiger partial charge in [0.25, 0.3) is 0 Å². The number of ether oxygens (including phenoxy) is 1. The molecule has 0 saturated carbocycles. The van der Waals surface area contributed by atoms with E-state index in [4.69, 9.17) is 4.74 Å². The number of carbonyl (C=O) groups is 1. The Morgan fingerprint density at radius 1 is 1.12 bits per heavy atom. The predicted octanol–water partition coefficient (Wildman–Crippen LogP) is 4.41. The maximum atomic E-state index is 11.5. The van der Waals surface area contributed by atoms with Crippen LogP contribution in [0.3, 0.4) is 0 Å². The minimum atomic E-state index is -0.181. The van der Waals surface area contributed by atoms with Crippen LogP contribution in [0.25, 0.3) is 0 Å². The summed E-state index contributed by atoms with van der Waals surface area (Å²) in [5.41, 5.74) is 3.33. The Balaban J connectivity index is 4.24. The van der Waals surface area contributed by atoms with E-state index < -0.39 is 0 Å². The summed E-state index contributed by atoms with van der Waals surface area (Å²) >= 11 is 0. The Labute approximate surface area is 106 Å². The van der Waals surface area contributed by atoms with Gasteiger partial charge in [0, 0.05) is 5.57 Å². The smallest absolute Gasteiger partial charge is 0.333 e. The van der Waals surface area contributed by atoms with Crippen molar-refractivity contribution in [2.45, 2.75) is 60.3 Å². The van der Waals surface area contributed by atoms with E-state index in [0.717, 1.165) is 24.0 Å². The summed E-state index contributed by atoms with van der Waals surface area (Å²) in [6, 6.07) is 0. The lowest BCUT2D eigenvalue weighted by Crippen LogP contribution is -2.07. The molecule has 0 unspecified atom stereocenters. The molecule has 0 aliphatic carbocycles. The number of hydrogen-bond donors (Lipinski definition) is 0. The van der Waals surface area contributed by atoms with Gasteiger partial charge in [-0.05, 0) is 47.0 Å². The standard InChI is InChI=1S/C15H26O2/c1-6-9-12(3)10-8-11-13(4)14(5)15(16)17-7-2/h10H,6-9,11H2,1-5H3/b12-10+,14-13+. The van der Waals surface area contributed by atoms with Crippen LogP contribution in [-0.4, -0.2) is 12.6 Å². The van der Waals surface area contributed by atoms with Crippen LogP contribution in [0, 0.1) is 0 Å². The Morgan fingerprint density at radius 2 is 1.76 bits per heavy atom. The Hall–Kier alpha value is -1.05. The van der Waals surface area contributed by atoms with E-state index in [-0.39, 0.29) is 5.97 Å². The van der Waals surface area contributed by atoms with Gasteiger partial charge in [0.15, 0.2) is 0 Å². The van der Waals surface area contributed by atoms with Gasteiger partial charge in [-0.2, -0.15) is 0 Å². The van der Waals surface area contributed by atoms with Crippen molar-refractivity contribution >= 4 is 5.97 Å². The van der Waals surface area contributed by atoms with Crippen LogP contribution in [0.5, 0.6) is 0 Å². The molecule has 17 heavy (non-hydrogen) atoms. The van der Waals surface area contributed by atoms with Crippen molar-refractivity contribution in [2.24, 2.45) is 0 Å². The lowest BCUT2D eigenvalue weighted by molar-refractivity contribution is -0.138. The van der Waals surface area contributed by atoms with Crippen LogP contribution in [0.2, 0.25) is 0 Å². The Kier molecular flexibility index (Phi) is 8.47. The first kappa shape index (κ1) is 16.0. The number of hydrogen-bond acceptors (Lipinski definition) is 2. The molecule has 0 amide bonds. The maximum Gasteiger partial charge on any atom is 0.333 e. The van der Waals surface area contributed by atoms with E-state index in [0.29, 0.717) is 6.61 Å². The maximum absolute atomic E-state index is 11.5. The van der Waals surface area contributed by atoms with Gasteiger partial charge in [0.05, 0.1) is 6.61 Å². The highest BCUT2D eigenvalue weighted by Gasteiger charge is 2.07. The zero-order chi connectivity index (χ0) is 13.3. The fraction of sp³-hybridized carbons (Fsp3) is 0.667. The van der Waals surface area contributed by atoms with Gasteiger partial charge < -0.3 is 4.74 Å². The van der Waals surface area contributed by atoms with Gasteiger partial charge >= 0.3 is 5.97 Å². The molecule has 0 radical (unpaired) electrons. The van der Waals surface area contributed by atoms with Gasteiger partial charge in [0.2, 0.25) is 0 Å². The second-order valence-electron chi connectivity index (χ2n) is 4.46. The van der Waals surface area contributed by atoms with Crippen LogP contribution in [0.1, 0.15) is 60.3 Å². The van der Waals surface area contributed by atoms with E-state index >= 15 is 0 Å². The van der Waals surface area contributed by atoms with Crippen molar-refractivity contribution < 1.29 is 9.53 Å². The monoisotopic (exact) mass is 238 g/mol. The average molecular weight is 238 g/mol. The highest BCUT2D eigenvalue weighted by Crippen LogP contribution is 2.14. The van der Waals surface area contributed by atoms with Crippen molar-refractivity contribution in [3.8, 4) is 0 Å². The second kappa shape index (κ2) is 9.03. The third-order valence-corrected chi connectivity index (χ3v) is 2.88. The predicted molar refractivity (Wildman–Crippen MR) is 72.9 cm³/mol. The molecule has 0 aromatic carbocycles. The van der Waals surface area contributed by atoms with Crippen LogP contribution in [0.4, 0.5) is 0 Å². The molecular weight excluding hydrogens is 212 g/mol. The van der Waals surface area contributed by atoms with Gasteiger partial charge in [-0.3, -0.25) is 0 Å². The fourth-order valence-corrected chi connectivity index (χ4v) is 1.63. The van der Waals surface area contributed by atoms with E-state index in [1.807, 2.05) is 20.8 Å². The summed E-state index contributed by atoms with van der Waals surface area (Å²) in [4.78, 5) is 11.5. The third kappa shape index (κ3) is 6.98. The van der Waals surface area contributed by atoms with Gasteiger partial charge in [-0.25, -0.2) is 4.79 Å². The molecule has 98 valence electrons. The molecule has 0 saturated heterocycles. The molecule has 0 heterocycles. The normalized spacial score (nSPS) is 13.4. The third-order valence-electron chi connectivity index (χ3n) is 2.88. The summed E-state index contributed by atoms with van der Waals surface area (Å²) in [5.74, 6) is -0.181. The molecule has 0 aromatic rings. The van der Waals surface area contributed by atoms with E-state index in [1.54, 1.807) is 0 Å². The van der Waals surface area contributed by atoms with Crippen LogP contribution in [0.15, 0.2) is 22.8 Å². The molecule has 0 bridgehead atoms. The Bertz CT molecular complexity index is 298. The molecule has 0 spiro atoms. The summed E-state index contributed by atoms with van der Waals surface area (Å²) in [6.07, 6.45) is 6.57. The summed E-state index contributed by atoms with van der Waals surface area (Å²) in [5, 5.41) is 0. The highest BCUT2D eigenvalue weighted by atomic mass is 16.5. The zero-order valence-corrected chi connectivity index (χ0v) is 11.9. The number of rotatable bonds is 7. The first-order valence-corrected chi connectivity index (χ1v) is 6.52. The highest BCUT2D eigenvalue weighted by molar-refractivity contribution is 5.88. The molecule has 0 N–H and O–H groups in total. The number of allylic oxidation sites excluding steroid dienone is 3. The van der Waals surface area contributed by atoms with Crippen molar-refractivity contribution in [1.29, 1.82) is 0 Å². The van der Waals surface area contributed by atoms with E-state index in [1.165, 1.54) is 18.4 Å². The van der Waals surface area contributed by atoms with E-state index in [9.17, 15) is 4.79 Å². The number of carbonyl (C=O) groups excluding carboxylic acids is 1. The van der Waals surface area contributed by atoms with Crippen molar-refractivity contribution in [1.82, 2.24) is 0 Å². The van der Waals surface area contributed by atoms with Crippen LogP contribution in [-0.2, 0) is 9.53 Å². The molecule has 0 atom stereocenters. The minimum Gasteiger partial charge on any atom is -0.463 e. The van der Waals surface area contributed by atoms with Gasteiger partial charge in [-0.15, -0.1) is 0 Å². The lowest BCUT2D eigenvalue weighted by atomic mass is 10.0. The second-order valence-corrected chi connectivity index (χ2v) is 4.46. The molecule has 0 fully saturated rings. The summed E-state index contributed by atoms with van der Waals surface area (Å²) in [7, 11) is 0. The largest absolute Gasteiger partial charge is 0.463 e. The molecule has 0 aromatic heterocycles. The lowest BCUT2D eigenvalue weighted by Gasteiger charge is -2.06. The first-order valence-electron chi connectivity index (χ1n) is 6.52. The topological polar surface area (TPSA) is 26.3 Å². The summed E-state index contributed by atoms with van der Waals surface area (Å²) in [6.45, 7) is 10.5. The van der Waals surface area contributed by atoms with E-state index in [2.05, 4.69) is 19.9 Å². The fourth-order valence-electron chi connectivity index (χ4n) is 1.63. The van der Waals surface area contributed by atoms with Crippen LogP contribution < -0.4 is 0 Å². The zero-order valence-electron chi connectivity index (χ0n) is 11.9. The Morgan fingerprint density at radius 3 is 2.29 bits per heavy atom. The summed E-state index contributed by atoms with van der Waals surface area (Å²) < 4.78 is 4.98. The van der Waals surface area contributed by atoms with Gasteiger partial charge in [-0.1, -0.05) is 30.6 Å². The average Bonchev–Trinajstić information content (AvgIpc) is 2.28. The SMILES string of the molecule is CCC/C(C)=C/CC/C(C)=C(\C)C(=O)OCC. The minimum absolute atomic E-state index is 0.181. The molecule has 0 aliphatic heterocycles. The van der Waals surface area contributed by atoms with Crippen LogP contribution >= 0.6 is 0 Å². The molecule has 2 heteroatoms.